The number of aromatic hydroxyl groups is 2. The van der Waals surface area contributed by atoms with E-state index in [4.69, 9.17) is 37.0 Å². The molecule has 19 aromatic carbocycles. The zero-order valence-corrected chi connectivity index (χ0v) is 73.6. The minimum absolute atomic E-state index is 0.117. The third-order valence-electron chi connectivity index (χ3n) is 27.3. The van der Waals surface area contributed by atoms with Crippen LogP contribution in [0, 0.1) is 11.8 Å². The van der Waals surface area contributed by atoms with Crippen LogP contribution in [0.5, 0.6) is 23.0 Å². The Morgan fingerprint density at radius 1 is 0.383 bits per heavy atom. The van der Waals surface area contributed by atoms with Crippen molar-refractivity contribution in [3.05, 3.63) is 450 Å². The van der Waals surface area contributed by atoms with Gasteiger partial charge in [0.2, 0.25) is 0 Å². The van der Waals surface area contributed by atoms with Crippen molar-refractivity contribution < 1.29 is 46.9 Å². The highest BCUT2D eigenvalue weighted by molar-refractivity contribution is 6.25. The average Bonchev–Trinajstić information content (AvgIpc) is 1.65. The molecule has 10 nitrogen and oxygen atoms in total. The molecule has 1 fully saturated rings. The molecule has 0 saturated carbocycles. The number of fused-ring (bicyclic) bond motifs is 32. The zero-order chi connectivity index (χ0) is 89.3. The molecule has 4 aromatic heterocycles. The van der Waals surface area contributed by atoms with E-state index in [0.29, 0.717) is 23.8 Å². The molecule has 2 N–H and O–H groups in total. The highest BCUT2D eigenvalue weighted by Crippen LogP contribution is 2.57. The molecule has 133 heavy (non-hydrogen) atoms. The van der Waals surface area contributed by atoms with Crippen molar-refractivity contribution in [1.29, 1.82) is 0 Å². The number of furan rings is 4. The number of ether oxygens (including phenoxy) is 3. The topological polar surface area (TPSA) is 138 Å². The lowest BCUT2D eigenvalue weighted by Gasteiger charge is -2.37. The Labute approximate surface area is 768 Å². The first kappa shape index (κ1) is 81.3. The monoisotopic (exact) mass is 1730 g/mol. The van der Waals surface area contributed by atoms with Crippen LogP contribution in [0.2, 0.25) is 0 Å². The van der Waals surface area contributed by atoms with Crippen LogP contribution in [0.3, 0.4) is 0 Å². The first-order valence-corrected chi connectivity index (χ1v) is 46.0. The van der Waals surface area contributed by atoms with E-state index in [9.17, 15) is 9.90 Å². The van der Waals surface area contributed by atoms with E-state index in [0.717, 1.165) is 178 Å². The second kappa shape index (κ2) is 34.0. The summed E-state index contributed by atoms with van der Waals surface area (Å²) < 4.78 is 44.0. The van der Waals surface area contributed by atoms with E-state index in [2.05, 4.69) is 293 Å². The lowest BCUT2D eigenvalue weighted by Crippen LogP contribution is -2.38. The molecule has 2 unspecified atom stereocenters. The molecule has 0 spiro atoms. The number of aryl methyl sites for hydroxylation is 4. The van der Waals surface area contributed by atoms with E-state index in [1.165, 1.54) is 87.6 Å². The van der Waals surface area contributed by atoms with Gasteiger partial charge in [0.05, 0.1) is 30.1 Å². The maximum Gasteiger partial charge on any atom is 0.307 e. The normalized spacial score (nSPS) is 15.2. The van der Waals surface area contributed by atoms with Crippen molar-refractivity contribution in [2.45, 2.75) is 70.0 Å². The fourth-order valence-corrected chi connectivity index (χ4v) is 21.0. The van der Waals surface area contributed by atoms with Gasteiger partial charge in [-0.25, -0.2) is 0 Å². The van der Waals surface area contributed by atoms with Crippen LogP contribution in [0.1, 0.15) is 82.5 Å². The van der Waals surface area contributed by atoms with Crippen molar-refractivity contribution in [2.24, 2.45) is 11.8 Å². The van der Waals surface area contributed by atoms with Gasteiger partial charge in [-0.1, -0.05) is 335 Å². The minimum Gasteiger partial charge on any atom is -0.508 e. The van der Waals surface area contributed by atoms with Gasteiger partial charge in [-0.15, -0.1) is 0 Å². The van der Waals surface area contributed by atoms with Gasteiger partial charge in [0.1, 0.15) is 56.5 Å². The minimum atomic E-state index is -0.800. The molecule has 5 aliphatic rings. The molecule has 1 saturated heterocycles. The Hall–Kier alpha value is -16.2. The molecular formula is C123H92O10. The molecular weight excluding hydrogens is 1640 g/mol. The summed E-state index contributed by atoms with van der Waals surface area (Å²) in [4.78, 5) is 12.4. The van der Waals surface area contributed by atoms with Crippen molar-refractivity contribution in [1.82, 2.24) is 0 Å². The first-order chi connectivity index (χ1) is 65.4. The number of hydrogen-bond donors (Lipinski definition) is 2. The summed E-state index contributed by atoms with van der Waals surface area (Å²) in [5, 5.41) is 40.5. The quantitative estimate of drug-likeness (QED) is 0.155. The number of phenols is 2. The number of esters is 1. The van der Waals surface area contributed by atoms with E-state index in [1.54, 1.807) is 18.4 Å². The summed E-state index contributed by atoms with van der Waals surface area (Å²) in [7, 11) is 0. The molecule has 644 valence electrons. The molecule has 0 bridgehead atoms. The van der Waals surface area contributed by atoms with E-state index in [-0.39, 0.29) is 11.9 Å². The summed E-state index contributed by atoms with van der Waals surface area (Å²) in [5.41, 5.74) is 19.4. The number of hydrogen-bond acceptors (Lipinski definition) is 10. The van der Waals surface area contributed by atoms with E-state index in [1.807, 2.05) is 103 Å². The van der Waals surface area contributed by atoms with Crippen LogP contribution in [0.25, 0.3) is 159 Å². The van der Waals surface area contributed by atoms with Gasteiger partial charge in [-0.2, -0.15) is 0 Å². The second-order valence-corrected chi connectivity index (χ2v) is 35.7. The van der Waals surface area contributed by atoms with Crippen molar-refractivity contribution >= 4 is 142 Å². The third-order valence-corrected chi connectivity index (χ3v) is 27.3. The van der Waals surface area contributed by atoms with Gasteiger partial charge < -0.3 is 42.1 Å². The number of carbonyl (C=O) groups excluding carboxylic acids is 1. The molecule has 23 aromatic rings. The molecule has 2 aliphatic heterocycles. The third kappa shape index (κ3) is 14.6. The molecule has 0 amide bonds. The number of phenolic OH excluding ortho intramolecular Hbond substituents is 2. The predicted octanol–water partition coefficient (Wildman–Crippen LogP) is 31.4. The van der Waals surface area contributed by atoms with E-state index >= 15 is 0 Å². The van der Waals surface area contributed by atoms with Crippen LogP contribution >= 0.6 is 0 Å². The SMILES string of the molecule is C1=CC(c2ccccc2)(c2ccccc2)Oc2c1c1c(c3oc4ccc5ccccc5c4c23)-c2ccccc2CC1.CC(C)COc1ccc2ccccc2c1.O=C1CC2CCc3ccccc3C2(c2cc3c(ccc4ccccc43)o2)O1.Oc1cc2c(c3oc4ccc5ccccc5c4c13)-c1ccccc1CC2.Oc1ccc2ccccc2c1.c1ccc2c(c1)ccc1occc12. The standard InChI is InChI=1S/C39H26O2.C24H18O3.C24H16O2.C14H16O.C12H8O.C10H8O/c1-3-13-27(14-4-1)39(28-15-5-2-6-16-28)24-23-32-31-21-19-25-11-7-9-17-29(25)34(31)38-36(37(32)41-39)35-30-18-10-8-12-26(30)20-22-33(35)40-38;25-23-13-17-11-9-16-6-2-4-8-20(16)24(17,27-23)22-14-19-18-7-3-1-5-15(18)10-12-21(19)26-22;25-19-13-16-10-9-14-5-1-3-7-17(14)21(16)24-23(19)22-18-8-4-2-6-15(18)11-12-20(22)26-24;1-11(2)10-15-14-8-7-12-5-3-4-6-13(12)9-14;1-2-4-10-9(3-1)5-6-12-11(10)7-8-13-12;11-10-6-5-8-3-1-2-4-9(8)7-10/h1-18,20,22-24H,19,21H2;1-8,10,12,14,17H,9,11,13H2;1-8,11-13,25H,9-10H2;3-9,11H,10H2,1-2H3;1-8H;1-7,11H. The predicted molar refractivity (Wildman–Crippen MR) is 540 cm³/mol. The van der Waals surface area contributed by atoms with Gasteiger partial charge in [0, 0.05) is 60.8 Å². The maximum absolute atomic E-state index is 12.4. The second-order valence-electron chi connectivity index (χ2n) is 35.7. The largest absolute Gasteiger partial charge is 0.508 e. The number of rotatable bonds is 6. The fraction of sp³-hybridized carbons (Fsp3) is 0.114. The molecule has 28 rings (SSSR count). The van der Waals surface area contributed by atoms with Crippen molar-refractivity contribution in [3.63, 3.8) is 0 Å². The Kier molecular flexibility index (Phi) is 20.8. The average molecular weight is 1730 g/mol. The lowest BCUT2D eigenvalue weighted by molar-refractivity contribution is -0.148. The molecule has 2 atom stereocenters. The van der Waals surface area contributed by atoms with Gasteiger partial charge in [-0.05, 0) is 221 Å². The van der Waals surface area contributed by atoms with Gasteiger partial charge in [-0.3, -0.25) is 4.79 Å². The van der Waals surface area contributed by atoms with Gasteiger partial charge in [0.25, 0.3) is 0 Å². The Balaban J connectivity index is 0.0000000958. The molecule has 0 radical (unpaired) electrons. The smallest absolute Gasteiger partial charge is 0.307 e. The molecule has 10 heteroatoms. The Bertz CT molecular complexity index is 8460. The highest BCUT2D eigenvalue weighted by Gasteiger charge is 2.57. The Morgan fingerprint density at radius 2 is 0.880 bits per heavy atom. The van der Waals surface area contributed by atoms with E-state index < -0.39 is 11.2 Å². The number of carbonyl (C=O) groups is 1. The van der Waals surface area contributed by atoms with Crippen LogP contribution in [0.4, 0.5) is 0 Å². The van der Waals surface area contributed by atoms with Gasteiger partial charge >= 0.3 is 5.97 Å². The summed E-state index contributed by atoms with van der Waals surface area (Å²) in [6.45, 7) is 5.08. The molecule has 6 heterocycles. The van der Waals surface area contributed by atoms with Crippen LogP contribution in [-0.2, 0) is 52.8 Å². The van der Waals surface area contributed by atoms with Crippen LogP contribution in [0.15, 0.2) is 412 Å². The van der Waals surface area contributed by atoms with Crippen molar-refractivity contribution in [2.75, 3.05) is 6.61 Å². The summed E-state index contributed by atoms with van der Waals surface area (Å²) in [6, 6.07) is 131. The van der Waals surface area contributed by atoms with Gasteiger partial charge in [0.15, 0.2) is 17.0 Å². The fourth-order valence-electron chi connectivity index (χ4n) is 21.0. The summed E-state index contributed by atoms with van der Waals surface area (Å²) >= 11 is 0. The summed E-state index contributed by atoms with van der Waals surface area (Å²) in [6.07, 6.45) is 12.5. The molecule has 3 aliphatic carbocycles. The maximum atomic E-state index is 12.4. The zero-order valence-electron chi connectivity index (χ0n) is 73.6. The lowest BCUT2D eigenvalue weighted by atomic mass is 9.70. The first-order valence-electron chi connectivity index (χ1n) is 46.0. The number of benzene rings is 19. The van der Waals surface area contributed by atoms with Crippen molar-refractivity contribution in [3.8, 4) is 45.3 Å². The summed E-state index contributed by atoms with van der Waals surface area (Å²) in [5.74, 6) is 3.80. The van der Waals surface area contributed by atoms with Crippen LogP contribution in [-0.4, -0.2) is 22.8 Å². The highest BCUT2D eigenvalue weighted by atomic mass is 16.6. The Morgan fingerprint density at radius 3 is 1.53 bits per heavy atom. The van der Waals surface area contributed by atoms with Crippen LogP contribution < -0.4 is 9.47 Å².